The van der Waals surface area contributed by atoms with Crippen LogP contribution in [0.15, 0.2) is 24.3 Å². The molecule has 2 unspecified atom stereocenters. The number of carbonyl (C=O) groups excluding carboxylic acids is 3. The van der Waals surface area contributed by atoms with Gasteiger partial charge in [0, 0.05) is 43.7 Å². The lowest BCUT2D eigenvalue weighted by Gasteiger charge is -2.28. The summed E-state index contributed by atoms with van der Waals surface area (Å²) in [7, 11) is 0. The fourth-order valence-electron chi connectivity index (χ4n) is 4.64. The van der Waals surface area contributed by atoms with Gasteiger partial charge in [0.25, 0.3) is 5.91 Å². The second-order valence-corrected chi connectivity index (χ2v) is 8.23. The van der Waals surface area contributed by atoms with Crippen LogP contribution >= 0.6 is 0 Å². The SMILES string of the molecule is O=C(CC1CC2CCC(C1)N2)NCc1ccc(C(=O)N2CCNC(=O)C2)cc1. The average Bonchev–Trinajstić information content (AvgIpc) is 3.04. The number of hydrogen-bond donors (Lipinski definition) is 3. The highest BCUT2D eigenvalue weighted by molar-refractivity contribution is 5.97. The minimum Gasteiger partial charge on any atom is -0.353 e. The van der Waals surface area contributed by atoms with Crippen molar-refractivity contribution in [2.45, 2.75) is 50.7 Å². The Hall–Kier alpha value is -2.41. The van der Waals surface area contributed by atoms with Crippen molar-refractivity contribution in [2.24, 2.45) is 5.92 Å². The highest BCUT2D eigenvalue weighted by Crippen LogP contribution is 2.32. The standard InChI is InChI=1S/C21H28N4O3/c26-19(11-15-9-17-5-6-18(10-15)24-17)23-12-14-1-3-16(4-2-14)21(28)25-8-7-22-20(27)13-25/h1-4,15,17-18,24H,5-13H2,(H,22,27)(H,23,26). The van der Waals surface area contributed by atoms with Crippen LogP contribution in [0.2, 0.25) is 0 Å². The minimum absolute atomic E-state index is 0.103. The quantitative estimate of drug-likeness (QED) is 0.700. The van der Waals surface area contributed by atoms with E-state index < -0.39 is 0 Å². The Morgan fingerprint density at radius 2 is 1.82 bits per heavy atom. The van der Waals surface area contributed by atoms with E-state index in [4.69, 9.17) is 0 Å². The fourth-order valence-corrected chi connectivity index (χ4v) is 4.64. The lowest BCUT2D eigenvalue weighted by Crippen LogP contribution is -2.49. The first-order valence-electron chi connectivity index (χ1n) is 10.2. The number of piperidine rings is 1. The summed E-state index contributed by atoms with van der Waals surface area (Å²) in [4.78, 5) is 37.8. The van der Waals surface area contributed by atoms with Crippen molar-refractivity contribution in [3.63, 3.8) is 0 Å². The highest BCUT2D eigenvalue weighted by Gasteiger charge is 2.34. The molecule has 7 nitrogen and oxygen atoms in total. The van der Waals surface area contributed by atoms with Gasteiger partial charge in [-0.2, -0.15) is 0 Å². The van der Waals surface area contributed by atoms with Crippen molar-refractivity contribution in [3.05, 3.63) is 35.4 Å². The topological polar surface area (TPSA) is 90.5 Å². The first-order valence-corrected chi connectivity index (χ1v) is 10.2. The molecular formula is C21H28N4O3. The van der Waals surface area contributed by atoms with E-state index >= 15 is 0 Å². The monoisotopic (exact) mass is 384 g/mol. The molecule has 0 radical (unpaired) electrons. The van der Waals surface area contributed by atoms with Gasteiger partial charge in [-0.25, -0.2) is 0 Å². The molecule has 4 rings (SSSR count). The molecule has 0 saturated carbocycles. The minimum atomic E-state index is -0.133. The van der Waals surface area contributed by atoms with Gasteiger partial charge in [-0.05, 0) is 49.3 Å². The van der Waals surface area contributed by atoms with Gasteiger partial charge in [-0.3, -0.25) is 14.4 Å². The molecule has 1 aromatic rings. The molecule has 3 heterocycles. The molecule has 3 aliphatic heterocycles. The Kier molecular flexibility index (Phi) is 5.62. The molecule has 0 aliphatic carbocycles. The Bertz CT molecular complexity index is 737. The number of piperazine rings is 1. The molecule has 150 valence electrons. The van der Waals surface area contributed by atoms with Crippen molar-refractivity contribution >= 4 is 17.7 Å². The molecule has 2 atom stereocenters. The predicted octanol–water partition coefficient (Wildman–Crippen LogP) is 0.796. The normalized spacial score (nSPS) is 26.6. The van der Waals surface area contributed by atoms with Gasteiger partial charge in [0.2, 0.25) is 11.8 Å². The molecule has 3 amide bonds. The van der Waals surface area contributed by atoms with Gasteiger partial charge in [0.05, 0.1) is 6.54 Å². The lowest BCUT2D eigenvalue weighted by molar-refractivity contribution is -0.123. The van der Waals surface area contributed by atoms with E-state index in [2.05, 4.69) is 16.0 Å². The van der Waals surface area contributed by atoms with Gasteiger partial charge in [0.1, 0.15) is 0 Å². The zero-order chi connectivity index (χ0) is 19.5. The van der Waals surface area contributed by atoms with Crippen molar-refractivity contribution in [2.75, 3.05) is 19.6 Å². The highest BCUT2D eigenvalue weighted by atomic mass is 16.2. The van der Waals surface area contributed by atoms with E-state index in [1.54, 1.807) is 17.0 Å². The smallest absolute Gasteiger partial charge is 0.254 e. The van der Waals surface area contributed by atoms with Crippen molar-refractivity contribution in [3.8, 4) is 0 Å². The van der Waals surface area contributed by atoms with Crippen LogP contribution in [0.5, 0.6) is 0 Å². The fraction of sp³-hybridized carbons (Fsp3) is 0.571. The molecule has 28 heavy (non-hydrogen) atoms. The lowest BCUT2D eigenvalue weighted by atomic mass is 9.89. The maximum atomic E-state index is 12.5. The van der Waals surface area contributed by atoms with Crippen LogP contribution in [-0.4, -0.2) is 54.3 Å². The second kappa shape index (κ2) is 8.31. The third kappa shape index (κ3) is 4.52. The van der Waals surface area contributed by atoms with E-state index in [-0.39, 0.29) is 24.3 Å². The summed E-state index contributed by atoms with van der Waals surface area (Å²) in [5.41, 5.74) is 1.53. The van der Waals surface area contributed by atoms with Crippen LogP contribution in [0, 0.1) is 5.92 Å². The van der Waals surface area contributed by atoms with Crippen molar-refractivity contribution in [1.29, 1.82) is 0 Å². The predicted molar refractivity (Wildman–Crippen MR) is 104 cm³/mol. The first-order chi connectivity index (χ1) is 13.6. The molecule has 2 bridgehead atoms. The molecule has 3 N–H and O–H groups in total. The molecule has 1 aromatic carbocycles. The summed E-state index contributed by atoms with van der Waals surface area (Å²) in [6.45, 7) is 1.60. The summed E-state index contributed by atoms with van der Waals surface area (Å²) in [6.07, 6.45) is 5.30. The van der Waals surface area contributed by atoms with Crippen molar-refractivity contribution < 1.29 is 14.4 Å². The third-order valence-corrected chi connectivity index (χ3v) is 6.06. The molecule has 0 aromatic heterocycles. The van der Waals surface area contributed by atoms with Crippen LogP contribution in [-0.2, 0) is 16.1 Å². The molecule has 3 fully saturated rings. The number of fused-ring (bicyclic) bond motifs is 2. The van der Waals surface area contributed by atoms with Crippen LogP contribution < -0.4 is 16.0 Å². The van der Waals surface area contributed by atoms with E-state index in [9.17, 15) is 14.4 Å². The summed E-state index contributed by atoms with van der Waals surface area (Å²) >= 11 is 0. The van der Waals surface area contributed by atoms with Gasteiger partial charge < -0.3 is 20.9 Å². The van der Waals surface area contributed by atoms with Crippen LogP contribution in [0.25, 0.3) is 0 Å². The van der Waals surface area contributed by atoms with E-state index in [1.165, 1.54) is 12.8 Å². The Morgan fingerprint density at radius 3 is 2.50 bits per heavy atom. The largest absolute Gasteiger partial charge is 0.353 e. The number of nitrogens with zero attached hydrogens (tertiary/aromatic N) is 1. The number of hydrogen-bond acceptors (Lipinski definition) is 4. The van der Waals surface area contributed by atoms with E-state index in [0.29, 0.717) is 49.6 Å². The number of rotatable bonds is 5. The maximum Gasteiger partial charge on any atom is 0.254 e. The zero-order valence-electron chi connectivity index (χ0n) is 16.1. The molecule has 3 saturated heterocycles. The molecule has 3 aliphatic rings. The third-order valence-electron chi connectivity index (χ3n) is 6.06. The number of amides is 3. The Labute approximate surface area is 165 Å². The van der Waals surface area contributed by atoms with Crippen LogP contribution in [0.4, 0.5) is 0 Å². The Balaban J connectivity index is 1.24. The summed E-state index contributed by atoms with van der Waals surface area (Å²) < 4.78 is 0. The maximum absolute atomic E-state index is 12.5. The van der Waals surface area contributed by atoms with Crippen LogP contribution in [0.1, 0.15) is 48.0 Å². The van der Waals surface area contributed by atoms with Gasteiger partial charge in [0.15, 0.2) is 0 Å². The summed E-state index contributed by atoms with van der Waals surface area (Å²) in [5.74, 6) is 0.331. The van der Waals surface area contributed by atoms with Gasteiger partial charge in [-0.1, -0.05) is 12.1 Å². The zero-order valence-corrected chi connectivity index (χ0v) is 16.1. The number of nitrogens with one attached hydrogen (secondary N) is 3. The second-order valence-electron chi connectivity index (χ2n) is 8.23. The van der Waals surface area contributed by atoms with Gasteiger partial charge in [-0.15, -0.1) is 0 Å². The van der Waals surface area contributed by atoms with E-state index in [1.807, 2.05) is 12.1 Å². The molecular weight excluding hydrogens is 356 g/mol. The molecule has 7 heteroatoms. The summed E-state index contributed by atoms with van der Waals surface area (Å²) in [6, 6.07) is 8.46. The first kappa shape index (κ1) is 18.9. The van der Waals surface area contributed by atoms with E-state index in [0.717, 1.165) is 18.4 Å². The Morgan fingerprint density at radius 1 is 1.11 bits per heavy atom. The molecule has 0 spiro atoms. The number of carbonyl (C=O) groups is 3. The van der Waals surface area contributed by atoms with Gasteiger partial charge >= 0.3 is 0 Å². The summed E-state index contributed by atoms with van der Waals surface area (Å²) in [5, 5.41) is 9.33. The average molecular weight is 384 g/mol. The number of benzene rings is 1. The van der Waals surface area contributed by atoms with Crippen molar-refractivity contribution in [1.82, 2.24) is 20.9 Å². The van der Waals surface area contributed by atoms with Crippen LogP contribution in [0.3, 0.4) is 0 Å².